The Morgan fingerprint density at radius 3 is 2.30 bits per heavy atom. The molecule has 23 heavy (non-hydrogen) atoms. The molecule has 0 saturated heterocycles. The van der Waals surface area contributed by atoms with Crippen LogP contribution in [0.15, 0.2) is 18.2 Å². The molecule has 7 nitrogen and oxygen atoms in total. The zero-order chi connectivity index (χ0) is 16.9. The van der Waals surface area contributed by atoms with Crippen molar-refractivity contribution in [3.8, 4) is 0 Å². The van der Waals surface area contributed by atoms with Gasteiger partial charge in [-0.1, -0.05) is 13.8 Å². The Hall–Kier alpha value is -2.12. The van der Waals surface area contributed by atoms with Crippen molar-refractivity contribution in [1.29, 1.82) is 0 Å². The molecule has 0 aliphatic carbocycles. The van der Waals surface area contributed by atoms with Gasteiger partial charge in [0, 0.05) is 11.3 Å². The van der Waals surface area contributed by atoms with Crippen LogP contribution in [0.2, 0.25) is 0 Å². The third kappa shape index (κ3) is 6.25. The molecule has 0 unspecified atom stereocenters. The predicted molar refractivity (Wildman–Crippen MR) is 91.4 cm³/mol. The fourth-order valence-corrected chi connectivity index (χ4v) is 1.81. The summed E-state index contributed by atoms with van der Waals surface area (Å²) in [6.45, 7) is 5.20. The number of hydrogen-bond donors (Lipinski definition) is 4. The van der Waals surface area contributed by atoms with Crippen molar-refractivity contribution in [1.82, 2.24) is 5.32 Å². The molecule has 0 fully saturated rings. The average molecular weight is 343 g/mol. The molecule has 1 atom stereocenters. The Morgan fingerprint density at radius 2 is 1.83 bits per heavy atom. The second-order valence-electron chi connectivity index (χ2n) is 5.43. The highest BCUT2D eigenvalue weighted by atomic mass is 35.5. The highest BCUT2D eigenvalue weighted by Gasteiger charge is 2.17. The lowest BCUT2D eigenvalue weighted by molar-refractivity contribution is -0.125. The molecular weight excluding hydrogens is 320 g/mol. The summed E-state index contributed by atoms with van der Waals surface area (Å²) < 4.78 is 0. The van der Waals surface area contributed by atoms with Crippen LogP contribution in [0.25, 0.3) is 0 Å². The van der Waals surface area contributed by atoms with Crippen LogP contribution in [0.5, 0.6) is 0 Å². The minimum absolute atomic E-state index is 0. The number of aryl methyl sites for hydroxylation is 1. The highest BCUT2D eigenvalue weighted by molar-refractivity contribution is 5.97. The molecule has 0 aliphatic heterocycles. The predicted octanol–water partition coefficient (Wildman–Crippen LogP) is 0.554. The third-order valence-corrected chi connectivity index (χ3v) is 3.22. The number of nitrogens with one attached hydrogen (secondary N) is 2. The molecule has 128 valence electrons. The number of hydrogen-bond acceptors (Lipinski definition) is 4. The van der Waals surface area contributed by atoms with Crippen molar-refractivity contribution in [3.63, 3.8) is 0 Å². The first kappa shape index (κ1) is 20.9. The molecule has 1 aromatic carbocycles. The fraction of sp³-hybridized carbons (Fsp3) is 0.400. The van der Waals surface area contributed by atoms with Crippen molar-refractivity contribution in [2.45, 2.75) is 26.8 Å². The number of carbonyl (C=O) groups excluding carboxylic acids is 3. The number of amides is 3. The van der Waals surface area contributed by atoms with Crippen LogP contribution < -0.4 is 22.1 Å². The van der Waals surface area contributed by atoms with Gasteiger partial charge in [-0.3, -0.25) is 14.4 Å². The monoisotopic (exact) mass is 342 g/mol. The van der Waals surface area contributed by atoms with Crippen LogP contribution in [0.1, 0.15) is 29.8 Å². The van der Waals surface area contributed by atoms with Crippen LogP contribution in [0.3, 0.4) is 0 Å². The van der Waals surface area contributed by atoms with Crippen molar-refractivity contribution in [2.75, 3.05) is 11.9 Å². The van der Waals surface area contributed by atoms with Gasteiger partial charge in [0.1, 0.15) is 0 Å². The zero-order valence-electron chi connectivity index (χ0n) is 13.4. The van der Waals surface area contributed by atoms with E-state index < -0.39 is 11.9 Å². The summed E-state index contributed by atoms with van der Waals surface area (Å²) in [5.41, 5.74) is 12.5. The molecule has 0 saturated carbocycles. The summed E-state index contributed by atoms with van der Waals surface area (Å²) in [6, 6.07) is 4.11. The molecule has 1 aromatic rings. The minimum Gasteiger partial charge on any atom is -0.366 e. The number of benzene rings is 1. The second kappa shape index (κ2) is 9.12. The number of nitrogens with two attached hydrogens (primary N) is 2. The fourth-order valence-electron chi connectivity index (χ4n) is 1.81. The molecule has 0 heterocycles. The molecule has 0 spiro atoms. The van der Waals surface area contributed by atoms with Gasteiger partial charge >= 0.3 is 0 Å². The normalized spacial score (nSPS) is 11.3. The van der Waals surface area contributed by atoms with Gasteiger partial charge < -0.3 is 22.1 Å². The van der Waals surface area contributed by atoms with E-state index >= 15 is 0 Å². The van der Waals surface area contributed by atoms with E-state index in [0.29, 0.717) is 16.8 Å². The van der Waals surface area contributed by atoms with Gasteiger partial charge in [0.15, 0.2) is 0 Å². The number of anilines is 1. The molecule has 6 N–H and O–H groups in total. The number of halogens is 1. The molecule has 1 rings (SSSR count). The van der Waals surface area contributed by atoms with Crippen LogP contribution in [-0.2, 0) is 9.59 Å². The third-order valence-electron chi connectivity index (χ3n) is 3.22. The lowest BCUT2D eigenvalue weighted by atomic mass is 10.1. The van der Waals surface area contributed by atoms with E-state index in [2.05, 4.69) is 10.6 Å². The van der Waals surface area contributed by atoms with Crippen LogP contribution >= 0.6 is 12.4 Å². The lowest BCUT2D eigenvalue weighted by Crippen LogP contribution is -2.46. The molecule has 0 aromatic heterocycles. The van der Waals surface area contributed by atoms with E-state index in [1.165, 1.54) is 0 Å². The van der Waals surface area contributed by atoms with Gasteiger partial charge in [-0.25, -0.2) is 0 Å². The van der Waals surface area contributed by atoms with Gasteiger partial charge in [0.25, 0.3) is 0 Å². The van der Waals surface area contributed by atoms with E-state index in [1.54, 1.807) is 25.1 Å². The summed E-state index contributed by atoms with van der Waals surface area (Å²) in [6.07, 6.45) is 0. The minimum atomic E-state index is -0.648. The molecule has 0 radical (unpaired) electrons. The van der Waals surface area contributed by atoms with E-state index in [9.17, 15) is 14.4 Å². The maximum Gasteiger partial charge on any atom is 0.248 e. The summed E-state index contributed by atoms with van der Waals surface area (Å²) in [5.74, 6) is -1.28. The number of carbonyl (C=O) groups is 3. The molecule has 0 aliphatic rings. The Kier molecular flexibility index (Phi) is 8.28. The maximum atomic E-state index is 11.8. The van der Waals surface area contributed by atoms with Gasteiger partial charge in [-0.15, -0.1) is 12.4 Å². The smallest absolute Gasteiger partial charge is 0.248 e. The van der Waals surface area contributed by atoms with Gasteiger partial charge in [0.05, 0.1) is 12.6 Å². The largest absolute Gasteiger partial charge is 0.366 e. The Balaban J connectivity index is 0.00000484. The number of rotatable bonds is 6. The van der Waals surface area contributed by atoms with Crippen molar-refractivity contribution >= 4 is 35.8 Å². The van der Waals surface area contributed by atoms with E-state index in [1.807, 2.05) is 13.8 Å². The van der Waals surface area contributed by atoms with E-state index in [4.69, 9.17) is 11.5 Å². The van der Waals surface area contributed by atoms with Crippen LogP contribution in [0, 0.1) is 12.8 Å². The Labute approximate surface area is 141 Å². The first-order chi connectivity index (χ1) is 10.2. The quantitative estimate of drug-likeness (QED) is 0.602. The molecule has 8 heteroatoms. The SMILES string of the molecule is Cc1cc(NC(=O)CNC(=O)[C@@H](N)C(C)C)ccc1C(N)=O.Cl. The van der Waals surface area contributed by atoms with Gasteiger partial charge in [0.2, 0.25) is 17.7 Å². The average Bonchev–Trinajstić information content (AvgIpc) is 2.43. The first-order valence-electron chi connectivity index (χ1n) is 6.96. The summed E-state index contributed by atoms with van der Waals surface area (Å²) in [5, 5.41) is 5.10. The lowest BCUT2D eigenvalue weighted by Gasteiger charge is -2.15. The summed E-state index contributed by atoms with van der Waals surface area (Å²) in [7, 11) is 0. The van der Waals surface area contributed by atoms with Crippen molar-refractivity contribution in [3.05, 3.63) is 29.3 Å². The first-order valence-corrected chi connectivity index (χ1v) is 6.96. The van der Waals surface area contributed by atoms with Crippen LogP contribution in [-0.4, -0.2) is 30.3 Å². The Bertz CT molecular complexity index is 590. The van der Waals surface area contributed by atoms with Gasteiger partial charge in [-0.05, 0) is 36.6 Å². The van der Waals surface area contributed by atoms with Crippen molar-refractivity contribution in [2.24, 2.45) is 17.4 Å². The van der Waals surface area contributed by atoms with Gasteiger partial charge in [-0.2, -0.15) is 0 Å². The second-order valence-corrected chi connectivity index (χ2v) is 5.43. The highest BCUT2D eigenvalue weighted by Crippen LogP contribution is 2.14. The van der Waals surface area contributed by atoms with Crippen molar-refractivity contribution < 1.29 is 14.4 Å². The summed E-state index contributed by atoms with van der Waals surface area (Å²) in [4.78, 5) is 34.6. The van der Waals surface area contributed by atoms with Crippen LogP contribution in [0.4, 0.5) is 5.69 Å². The van der Waals surface area contributed by atoms with E-state index in [0.717, 1.165) is 0 Å². The Morgan fingerprint density at radius 1 is 1.22 bits per heavy atom. The standard InChI is InChI=1S/C15H22N4O3.ClH/c1-8(2)13(16)15(22)18-7-12(20)19-10-4-5-11(14(17)21)9(3)6-10;/h4-6,8,13H,7,16H2,1-3H3,(H2,17,21)(H,18,22)(H,19,20);1H/t13-;/m0./s1. The number of primary amides is 1. The summed E-state index contributed by atoms with van der Waals surface area (Å²) >= 11 is 0. The zero-order valence-corrected chi connectivity index (χ0v) is 14.2. The van der Waals surface area contributed by atoms with E-state index in [-0.39, 0.29) is 36.7 Å². The molecule has 0 bridgehead atoms. The topological polar surface area (TPSA) is 127 Å². The molecule has 3 amide bonds. The molecular formula is C15H23ClN4O3. The maximum absolute atomic E-state index is 11.8.